The van der Waals surface area contributed by atoms with E-state index in [1.54, 1.807) is 24.5 Å². The van der Waals surface area contributed by atoms with Crippen LogP contribution in [0.1, 0.15) is 22.8 Å². The lowest BCUT2D eigenvalue weighted by Gasteiger charge is -2.16. The van der Waals surface area contributed by atoms with Crippen molar-refractivity contribution in [2.45, 2.75) is 25.0 Å². The number of fused-ring (bicyclic) bond motifs is 1. The molecule has 7 nitrogen and oxygen atoms in total. The summed E-state index contributed by atoms with van der Waals surface area (Å²) in [7, 11) is 0. The summed E-state index contributed by atoms with van der Waals surface area (Å²) in [4.78, 5) is 19.1. The number of nitrogens with zero attached hydrogens (tertiary/aromatic N) is 1. The molecular formula is C26H27N3O4. The van der Waals surface area contributed by atoms with E-state index in [1.807, 2.05) is 54.7 Å². The smallest absolute Gasteiger partial charge is 0.345 e. The molecule has 0 spiro atoms. The number of carbonyl (C=O) groups is 1. The third kappa shape index (κ3) is 5.77. The molecule has 2 aromatic heterocycles. The molecule has 4 aromatic rings. The molecule has 2 aromatic carbocycles. The molecule has 0 radical (unpaired) electrons. The van der Waals surface area contributed by atoms with Crippen molar-refractivity contribution in [3.05, 3.63) is 95.9 Å². The number of aliphatic carboxylic acids is 1. The van der Waals surface area contributed by atoms with E-state index in [0.717, 1.165) is 34.0 Å². The Hall–Kier alpha value is -3.68. The first-order valence-corrected chi connectivity index (χ1v) is 10.9. The molecule has 33 heavy (non-hydrogen) atoms. The molecule has 2 atom stereocenters. The van der Waals surface area contributed by atoms with Gasteiger partial charge in [-0.1, -0.05) is 48.5 Å². The van der Waals surface area contributed by atoms with Crippen LogP contribution in [0.25, 0.3) is 10.9 Å². The Morgan fingerprint density at radius 3 is 2.70 bits per heavy atom. The molecule has 7 heteroatoms. The Bertz CT molecular complexity index is 1180. The largest absolute Gasteiger partial charge is 0.478 e. The van der Waals surface area contributed by atoms with Crippen LogP contribution in [-0.2, 0) is 17.6 Å². The van der Waals surface area contributed by atoms with E-state index in [0.29, 0.717) is 18.8 Å². The third-order valence-corrected chi connectivity index (χ3v) is 5.55. The maximum atomic E-state index is 11.8. The zero-order valence-electron chi connectivity index (χ0n) is 18.1. The number of hydrogen-bond donors (Lipinski definition) is 4. The van der Waals surface area contributed by atoms with Gasteiger partial charge in [-0.15, -0.1) is 0 Å². The molecule has 0 aliphatic heterocycles. The summed E-state index contributed by atoms with van der Waals surface area (Å²) in [6, 6.07) is 18.8. The minimum absolute atomic E-state index is 0.281. The number of nitrogens with one attached hydrogen (secondary N) is 2. The number of para-hydroxylation sites is 1. The first-order chi connectivity index (χ1) is 16.1. The topological polar surface area (TPSA) is 107 Å². The van der Waals surface area contributed by atoms with Gasteiger partial charge in [-0.05, 0) is 36.2 Å². The van der Waals surface area contributed by atoms with Crippen LogP contribution in [0.4, 0.5) is 0 Å². The highest BCUT2D eigenvalue weighted by Gasteiger charge is 2.21. The molecule has 0 fully saturated rings. The number of hydrogen-bond acceptors (Lipinski definition) is 5. The molecule has 0 unspecified atom stereocenters. The monoisotopic (exact) mass is 445 g/mol. The molecular weight excluding hydrogens is 418 g/mol. The second kappa shape index (κ2) is 10.8. The van der Waals surface area contributed by atoms with Crippen molar-refractivity contribution in [3.63, 3.8) is 0 Å². The second-order valence-corrected chi connectivity index (χ2v) is 7.88. The van der Waals surface area contributed by atoms with E-state index >= 15 is 0 Å². The Kier molecular flexibility index (Phi) is 7.34. The maximum absolute atomic E-state index is 11.8. The first-order valence-electron chi connectivity index (χ1n) is 10.9. The lowest BCUT2D eigenvalue weighted by Crippen LogP contribution is -2.29. The number of ether oxygens (including phenoxy) is 1. The van der Waals surface area contributed by atoms with Gasteiger partial charge in [0.05, 0.1) is 11.6 Å². The molecule has 0 aliphatic carbocycles. The van der Waals surface area contributed by atoms with Gasteiger partial charge in [-0.25, -0.2) is 4.79 Å². The van der Waals surface area contributed by atoms with E-state index in [-0.39, 0.29) is 6.42 Å². The van der Waals surface area contributed by atoms with Crippen LogP contribution in [0.15, 0.2) is 79.3 Å². The summed E-state index contributed by atoms with van der Waals surface area (Å²) >= 11 is 0. The van der Waals surface area contributed by atoms with Crippen LogP contribution >= 0.6 is 0 Å². The molecule has 0 amide bonds. The van der Waals surface area contributed by atoms with Gasteiger partial charge >= 0.3 is 5.97 Å². The van der Waals surface area contributed by atoms with E-state index in [9.17, 15) is 15.0 Å². The zero-order chi connectivity index (χ0) is 23.0. The van der Waals surface area contributed by atoms with Crippen LogP contribution in [0.5, 0.6) is 5.75 Å². The van der Waals surface area contributed by atoms with Crippen molar-refractivity contribution < 1.29 is 19.7 Å². The van der Waals surface area contributed by atoms with E-state index in [1.165, 1.54) is 0 Å². The Balaban J connectivity index is 1.39. The SMILES string of the molecule is O=C(O)[C@H](Cc1ccccc1)Oc1cccc2c(CCNC[C@H](O)c3cccnc3)c[nH]c12. The number of aromatic nitrogens is 2. The predicted octanol–water partition coefficient (Wildman–Crippen LogP) is 3.50. The number of rotatable bonds is 11. The van der Waals surface area contributed by atoms with Crippen LogP contribution < -0.4 is 10.1 Å². The molecule has 4 N–H and O–H groups in total. The number of carboxylic acid groups (broad SMARTS) is 1. The number of pyridine rings is 1. The normalized spacial score (nSPS) is 13.0. The van der Waals surface area contributed by atoms with Crippen molar-refractivity contribution in [2.24, 2.45) is 0 Å². The van der Waals surface area contributed by atoms with Crippen molar-refractivity contribution in [3.8, 4) is 5.75 Å². The number of carboxylic acids is 1. The predicted molar refractivity (Wildman–Crippen MR) is 126 cm³/mol. The average molecular weight is 446 g/mol. The van der Waals surface area contributed by atoms with Crippen LogP contribution in [0, 0.1) is 0 Å². The second-order valence-electron chi connectivity index (χ2n) is 7.88. The fourth-order valence-corrected chi connectivity index (χ4v) is 3.80. The Morgan fingerprint density at radius 1 is 1.09 bits per heavy atom. The Labute approximate surface area is 192 Å². The summed E-state index contributed by atoms with van der Waals surface area (Å²) in [6.07, 6.45) is 4.69. The Morgan fingerprint density at radius 2 is 1.94 bits per heavy atom. The molecule has 0 bridgehead atoms. The first kappa shape index (κ1) is 22.5. The van der Waals surface area contributed by atoms with Crippen LogP contribution in [-0.4, -0.2) is 45.3 Å². The standard InChI is InChI=1S/C26H27N3O4/c30-22(20-8-5-12-27-15-20)17-28-13-11-19-16-29-25-21(19)9-4-10-23(25)33-24(26(31)32)14-18-6-2-1-3-7-18/h1-10,12,15-16,22,24,28-30H,11,13-14,17H2,(H,31,32)/t22-,24-/m0/s1. The van der Waals surface area contributed by atoms with Gasteiger partial charge in [0.2, 0.25) is 0 Å². The number of benzene rings is 2. The van der Waals surface area contributed by atoms with Crippen molar-refractivity contribution in [2.75, 3.05) is 13.1 Å². The highest BCUT2D eigenvalue weighted by atomic mass is 16.5. The molecule has 0 saturated carbocycles. The fourth-order valence-electron chi connectivity index (χ4n) is 3.80. The molecule has 2 heterocycles. The van der Waals surface area contributed by atoms with Gasteiger partial charge < -0.3 is 25.3 Å². The summed E-state index contributed by atoms with van der Waals surface area (Å²) < 4.78 is 5.93. The number of aliphatic hydroxyl groups excluding tert-OH is 1. The fraction of sp³-hybridized carbons (Fsp3) is 0.231. The minimum Gasteiger partial charge on any atom is -0.478 e. The quantitative estimate of drug-likeness (QED) is 0.263. The summed E-state index contributed by atoms with van der Waals surface area (Å²) in [5, 5.41) is 24.2. The summed E-state index contributed by atoms with van der Waals surface area (Å²) in [5.74, 6) is -0.485. The minimum atomic E-state index is -1.00. The molecule has 0 saturated heterocycles. The van der Waals surface area contributed by atoms with Gasteiger partial charge in [0, 0.05) is 42.5 Å². The van der Waals surface area contributed by atoms with Crippen LogP contribution in [0.2, 0.25) is 0 Å². The molecule has 170 valence electrons. The third-order valence-electron chi connectivity index (χ3n) is 5.55. The lowest BCUT2D eigenvalue weighted by atomic mass is 10.1. The maximum Gasteiger partial charge on any atom is 0.345 e. The number of H-pyrrole nitrogens is 1. The lowest BCUT2D eigenvalue weighted by molar-refractivity contribution is -0.144. The van der Waals surface area contributed by atoms with E-state index in [4.69, 9.17) is 4.74 Å². The van der Waals surface area contributed by atoms with Gasteiger partial charge in [0.1, 0.15) is 5.75 Å². The van der Waals surface area contributed by atoms with E-state index in [2.05, 4.69) is 15.3 Å². The number of aromatic amines is 1. The van der Waals surface area contributed by atoms with Gasteiger partial charge in [-0.2, -0.15) is 0 Å². The van der Waals surface area contributed by atoms with Crippen LogP contribution in [0.3, 0.4) is 0 Å². The van der Waals surface area contributed by atoms with E-state index < -0.39 is 18.2 Å². The van der Waals surface area contributed by atoms with Gasteiger partial charge in [0.15, 0.2) is 6.10 Å². The zero-order valence-corrected chi connectivity index (χ0v) is 18.1. The van der Waals surface area contributed by atoms with Gasteiger partial charge in [0.25, 0.3) is 0 Å². The summed E-state index contributed by atoms with van der Waals surface area (Å²) in [5.41, 5.74) is 3.56. The summed E-state index contributed by atoms with van der Waals surface area (Å²) in [6.45, 7) is 1.11. The van der Waals surface area contributed by atoms with Crippen molar-refractivity contribution >= 4 is 16.9 Å². The van der Waals surface area contributed by atoms with Crippen molar-refractivity contribution in [1.29, 1.82) is 0 Å². The molecule has 4 rings (SSSR count). The molecule has 0 aliphatic rings. The van der Waals surface area contributed by atoms with Gasteiger partial charge in [-0.3, -0.25) is 4.98 Å². The highest BCUT2D eigenvalue weighted by molar-refractivity contribution is 5.88. The average Bonchev–Trinajstić information content (AvgIpc) is 3.26. The highest BCUT2D eigenvalue weighted by Crippen LogP contribution is 2.29. The number of aliphatic hydroxyl groups is 1. The van der Waals surface area contributed by atoms with Crippen molar-refractivity contribution in [1.82, 2.24) is 15.3 Å².